The van der Waals surface area contributed by atoms with Gasteiger partial charge in [-0.1, -0.05) is 0 Å². The summed E-state index contributed by atoms with van der Waals surface area (Å²) in [5, 5.41) is 8.83. The van der Waals surface area contributed by atoms with Crippen molar-refractivity contribution in [3.63, 3.8) is 0 Å². The molecule has 2 heterocycles. The lowest BCUT2D eigenvalue weighted by Gasteiger charge is -2.14. The number of carboxylic acid groups (broad SMARTS) is 1. The predicted octanol–water partition coefficient (Wildman–Crippen LogP) is 2.46. The van der Waals surface area contributed by atoms with Crippen LogP contribution in [0, 0.1) is 6.92 Å². The average Bonchev–Trinajstić information content (AvgIpc) is 2.96. The fourth-order valence-corrected chi connectivity index (χ4v) is 3.71. The Kier molecular flexibility index (Phi) is 4.26. The Labute approximate surface area is 129 Å². The zero-order valence-electron chi connectivity index (χ0n) is 11.2. The van der Waals surface area contributed by atoms with Gasteiger partial charge in [-0.25, -0.2) is 13.2 Å². The highest BCUT2D eigenvalue weighted by Crippen LogP contribution is 2.29. The van der Waals surface area contributed by atoms with E-state index in [2.05, 4.69) is 15.9 Å². The van der Waals surface area contributed by atoms with E-state index >= 15 is 0 Å². The van der Waals surface area contributed by atoms with Crippen LogP contribution in [0.15, 0.2) is 36.6 Å². The number of hydrogen-bond acceptors (Lipinski definition) is 5. The maximum atomic E-state index is 12.4. The van der Waals surface area contributed by atoms with Crippen LogP contribution in [-0.4, -0.2) is 30.8 Å². The van der Waals surface area contributed by atoms with Crippen LogP contribution in [0.5, 0.6) is 0 Å². The van der Waals surface area contributed by atoms with Crippen molar-refractivity contribution >= 4 is 31.9 Å². The fraction of sp³-hybridized carbons (Fsp3) is 0.250. The van der Waals surface area contributed by atoms with Gasteiger partial charge in [-0.2, -0.15) is 4.31 Å². The summed E-state index contributed by atoms with van der Waals surface area (Å²) in [7, 11) is -2.53. The van der Waals surface area contributed by atoms with E-state index in [-0.39, 0.29) is 16.1 Å². The van der Waals surface area contributed by atoms with E-state index in [1.165, 1.54) is 7.05 Å². The van der Waals surface area contributed by atoms with Gasteiger partial charge < -0.3 is 13.9 Å². The molecule has 0 radical (unpaired) electrons. The topological polar surface area (TPSA) is 101 Å². The molecule has 0 saturated carbocycles. The average molecular weight is 378 g/mol. The molecule has 0 fully saturated rings. The summed E-state index contributed by atoms with van der Waals surface area (Å²) in [6, 6.07) is 4.37. The molecule has 2 aromatic heterocycles. The third-order valence-electron chi connectivity index (χ3n) is 2.73. The number of hydrogen-bond donors (Lipinski definition) is 1. The van der Waals surface area contributed by atoms with Gasteiger partial charge in [-0.3, -0.25) is 0 Å². The smallest absolute Gasteiger partial charge is 0.371 e. The molecule has 114 valence electrons. The molecule has 0 spiro atoms. The van der Waals surface area contributed by atoms with Crippen molar-refractivity contribution in [1.82, 2.24) is 4.31 Å². The summed E-state index contributed by atoms with van der Waals surface area (Å²) < 4.78 is 35.9. The van der Waals surface area contributed by atoms with Gasteiger partial charge >= 0.3 is 5.97 Å². The highest BCUT2D eigenvalue weighted by atomic mass is 79.9. The first-order chi connectivity index (χ1) is 9.71. The van der Waals surface area contributed by atoms with E-state index < -0.39 is 21.8 Å². The zero-order valence-corrected chi connectivity index (χ0v) is 13.6. The first-order valence-electron chi connectivity index (χ1n) is 5.76. The largest absolute Gasteiger partial charge is 0.475 e. The van der Waals surface area contributed by atoms with Gasteiger partial charge in [0.25, 0.3) is 0 Å². The van der Waals surface area contributed by atoms with Gasteiger partial charge in [-0.15, -0.1) is 0 Å². The Morgan fingerprint density at radius 2 is 2.05 bits per heavy atom. The fourth-order valence-electron chi connectivity index (χ4n) is 1.68. The second kappa shape index (κ2) is 5.66. The lowest BCUT2D eigenvalue weighted by Crippen LogP contribution is -2.26. The van der Waals surface area contributed by atoms with Crippen molar-refractivity contribution in [2.75, 3.05) is 7.05 Å². The summed E-state index contributed by atoms with van der Waals surface area (Å²) in [6.45, 7) is 1.78. The lowest BCUT2D eigenvalue weighted by molar-refractivity contribution is 0.0661. The second-order valence-corrected chi connectivity index (χ2v) is 7.06. The SMILES string of the molecule is Cc1ccc(CN(C)S(=O)(=O)c2cc(C(=O)O)oc2Br)o1. The maximum Gasteiger partial charge on any atom is 0.371 e. The number of furan rings is 2. The van der Waals surface area contributed by atoms with Crippen LogP contribution in [0.25, 0.3) is 0 Å². The molecule has 7 nitrogen and oxygen atoms in total. The molecule has 0 aromatic carbocycles. The number of halogens is 1. The van der Waals surface area contributed by atoms with E-state index in [4.69, 9.17) is 13.9 Å². The number of nitrogens with zero attached hydrogens (tertiary/aromatic N) is 1. The third-order valence-corrected chi connectivity index (χ3v) is 5.39. The molecule has 9 heteroatoms. The number of aromatic carboxylic acids is 1. The van der Waals surface area contributed by atoms with Gasteiger partial charge in [0.15, 0.2) is 4.67 Å². The number of carbonyl (C=O) groups is 1. The van der Waals surface area contributed by atoms with Crippen molar-refractivity contribution in [2.24, 2.45) is 0 Å². The molecule has 0 atom stereocenters. The number of rotatable bonds is 5. The van der Waals surface area contributed by atoms with E-state index in [1.54, 1.807) is 19.1 Å². The molecule has 21 heavy (non-hydrogen) atoms. The highest BCUT2D eigenvalue weighted by Gasteiger charge is 2.29. The van der Waals surface area contributed by atoms with Crippen LogP contribution in [0.2, 0.25) is 0 Å². The van der Waals surface area contributed by atoms with Crippen LogP contribution in [-0.2, 0) is 16.6 Å². The molecule has 0 bridgehead atoms. The first-order valence-corrected chi connectivity index (χ1v) is 7.99. The summed E-state index contributed by atoms with van der Waals surface area (Å²) >= 11 is 2.92. The molecule has 0 aliphatic rings. The predicted molar refractivity (Wildman–Crippen MR) is 75.5 cm³/mol. The zero-order chi connectivity index (χ0) is 15.8. The number of sulfonamides is 1. The molecule has 0 aliphatic carbocycles. The van der Waals surface area contributed by atoms with Crippen molar-refractivity contribution in [3.8, 4) is 0 Å². The Balaban J connectivity index is 2.30. The van der Waals surface area contributed by atoms with Gasteiger partial charge in [0.2, 0.25) is 15.8 Å². The standard InChI is InChI=1S/C12H12BrNO6S/c1-7-3-4-8(19-7)6-14(2)21(17,18)10-5-9(12(15)16)20-11(10)13/h3-5H,6H2,1-2H3,(H,15,16). The summed E-state index contributed by atoms with van der Waals surface area (Å²) in [5.41, 5.74) is 0. The van der Waals surface area contributed by atoms with Gasteiger partial charge in [0.05, 0.1) is 6.54 Å². The van der Waals surface area contributed by atoms with Gasteiger partial charge in [0, 0.05) is 13.1 Å². The van der Waals surface area contributed by atoms with Gasteiger partial charge in [0.1, 0.15) is 16.4 Å². The Bertz CT molecular complexity index is 776. The van der Waals surface area contributed by atoms with E-state index in [1.807, 2.05) is 0 Å². The van der Waals surface area contributed by atoms with Crippen molar-refractivity contribution in [1.29, 1.82) is 0 Å². The Hall–Kier alpha value is -1.58. The summed E-state index contributed by atoms with van der Waals surface area (Å²) in [5.74, 6) is -0.644. The minimum atomic E-state index is -3.90. The molecule has 2 aromatic rings. The number of carboxylic acids is 1. The molecular formula is C12H12BrNO6S. The third kappa shape index (κ3) is 3.20. The molecule has 2 rings (SSSR count). The molecular weight excluding hydrogens is 366 g/mol. The minimum Gasteiger partial charge on any atom is -0.475 e. The minimum absolute atomic E-state index is 0.0240. The number of aryl methyl sites for hydroxylation is 1. The van der Waals surface area contributed by atoms with Crippen LogP contribution < -0.4 is 0 Å². The summed E-state index contributed by atoms with van der Waals surface area (Å²) in [4.78, 5) is 10.6. The molecule has 0 amide bonds. The molecule has 0 unspecified atom stereocenters. The van der Waals surface area contributed by atoms with Crippen LogP contribution >= 0.6 is 15.9 Å². The monoisotopic (exact) mass is 377 g/mol. The van der Waals surface area contributed by atoms with Crippen molar-refractivity contribution in [2.45, 2.75) is 18.4 Å². The quantitative estimate of drug-likeness (QED) is 0.858. The van der Waals surface area contributed by atoms with E-state index in [0.717, 1.165) is 10.4 Å². The molecule has 0 saturated heterocycles. The van der Waals surface area contributed by atoms with Crippen LogP contribution in [0.1, 0.15) is 22.1 Å². The maximum absolute atomic E-state index is 12.4. The molecule has 0 aliphatic heterocycles. The lowest BCUT2D eigenvalue weighted by atomic mass is 10.4. The van der Waals surface area contributed by atoms with Gasteiger partial charge in [-0.05, 0) is 35.0 Å². The Morgan fingerprint density at radius 3 is 2.52 bits per heavy atom. The highest BCUT2D eigenvalue weighted by molar-refractivity contribution is 9.10. The van der Waals surface area contributed by atoms with Crippen molar-refractivity contribution in [3.05, 3.63) is 40.1 Å². The van der Waals surface area contributed by atoms with Crippen LogP contribution in [0.4, 0.5) is 0 Å². The second-order valence-electron chi connectivity index (χ2n) is 4.33. The van der Waals surface area contributed by atoms with Crippen molar-refractivity contribution < 1.29 is 27.2 Å². The van der Waals surface area contributed by atoms with E-state index in [9.17, 15) is 13.2 Å². The Morgan fingerprint density at radius 1 is 1.38 bits per heavy atom. The molecule has 1 N–H and O–H groups in total. The normalized spacial score (nSPS) is 12.0. The van der Waals surface area contributed by atoms with E-state index in [0.29, 0.717) is 11.5 Å². The first kappa shape index (κ1) is 15.8. The summed E-state index contributed by atoms with van der Waals surface area (Å²) in [6.07, 6.45) is 0. The van der Waals surface area contributed by atoms with Crippen LogP contribution in [0.3, 0.4) is 0 Å².